The van der Waals surface area contributed by atoms with Crippen molar-refractivity contribution in [2.24, 2.45) is 10.7 Å². The van der Waals surface area contributed by atoms with Gasteiger partial charge in [0.05, 0.1) is 12.7 Å². The molecule has 2 aliphatic heterocycles. The maximum absolute atomic E-state index is 10.8. The molecule has 84 valence electrons. The monoisotopic (exact) mass is 214 g/mol. The van der Waals surface area contributed by atoms with Gasteiger partial charge in [-0.25, -0.2) is 4.99 Å². The van der Waals surface area contributed by atoms with Crippen molar-refractivity contribution >= 4 is 12.2 Å². The number of nitrogens with zero attached hydrogens (tertiary/aromatic N) is 2. The fraction of sp³-hybridized carbons (Fsp3) is 0.750. The molecule has 0 aliphatic carbocycles. The number of aliphatic imine (C=N–C) groups is 1. The standard InChI is InChI=1S/C8H14N4O3/c9-7(14)8-10-4-12(11-8)6-2-1-5(3-13)15-6/h4-6,8,11,13H,1-3H2,(H2,9,14). The van der Waals surface area contributed by atoms with E-state index in [0.717, 1.165) is 12.8 Å². The Kier molecular flexibility index (Phi) is 2.85. The average Bonchev–Trinajstić information content (AvgIpc) is 2.86. The summed E-state index contributed by atoms with van der Waals surface area (Å²) in [5.41, 5.74) is 7.90. The zero-order chi connectivity index (χ0) is 10.8. The van der Waals surface area contributed by atoms with Crippen molar-refractivity contribution in [2.45, 2.75) is 31.3 Å². The molecule has 2 aliphatic rings. The minimum Gasteiger partial charge on any atom is -0.394 e. The number of nitrogens with two attached hydrogens (primary N) is 1. The average molecular weight is 214 g/mol. The zero-order valence-electron chi connectivity index (χ0n) is 8.17. The Bertz CT molecular complexity index is 283. The number of hydrogen-bond acceptors (Lipinski definition) is 6. The summed E-state index contributed by atoms with van der Waals surface area (Å²) in [5, 5.41) is 10.5. The summed E-state index contributed by atoms with van der Waals surface area (Å²) in [5.74, 6) is -0.523. The normalized spacial score (nSPS) is 35.0. The molecule has 15 heavy (non-hydrogen) atoms. The highest BCUT2D eigenvalue weighted by molar-refractivity contribution is 5.82. The van der Waals surface area contributed by atoms with Gasteiger partial charge in [0.15, 0.2) is 6.17 Å². The number of nitrogens with one attached hydrogen (secondary N) is 1. The van der Waals surface area contributed by atoms with Crippen LogP contribution in [0.25, 0.3) is 0 Å². The third-order valence-corrected chi connectivity index (χ3v) is 2.48. The van der Waals surface area contributed by atoms with E-state index in [1.165, 1.54) is 6.34 Å². The number of primary amides is 1. The van der Waals surface area contributed by atoms with Gasteiger partial charge in [0, 0.05) is 0 Å². The predicted molar refractivity (Wildman–Crippen MR) is 51.4 cm³/mol. The second kappa shape index (κ2) is 4.13. The van der Waals surface area contributed by atoms with Crippen LogP contribution in [0.1, 0.15) is 12.8 Å². The Labute approximate surface area is 86.9 Å². The molecular weight excluding hydrogens is 200 g/mol. The summed E-state index contributed by atoms with van der Waals surface area (Å²) < 4.78 is 5.49. The Morgan fingerprint density at radius 3 is 3.07 bits per heavy atom. The van der Waals surface area contributed by atoms with Crippen LogP contribution in [0.3, 0.4) is 0 Å². The lowest BCUT2D eigenvalue weighted by Crippen LogP contribution is -2.48. The smallest absolute Gasteiger partial charge is 0.258 e. The van der Waals surface area contributed by atoms with Crippen LogP contribution in [0.2, 0.25) is 0 Å². The van der Waals surface area contributed by atoms with Crippen LogP contribution in [0.4, 0.5) is 0 Å². The van der Waals surface area contributed by atoms with E-state index in [2.05, 4.69) is 10.4 Å². The second-order valence-electron chi connectivity index (χ2n) is 3.58. The summed E-state index contributed by atoms with van der Waals surface area (Å²) in [6, 6.07) is 0. The minimum absolute atomic E-state index is 0.0146. The van der Waals surface area contributed by atoms with Crippen molar-refractivity contribution in [2.75, 3.05) is 6.61 Å². The van der Waals surface area contributed by atoms with Crippen LogP contribution in [-0.2, 0) is 9.53 Å². The highest BCUT2D eigenvalue weighted by Gasteiger charge is 2.32. The van der Waals surface area contributed by atoms with Crippen molar-refractivity contribution in [3.05, 3.63) is 0 Å². The molecule has 0 saturated carbocycles. The van der Waals surface area contributed by atoms with Gasteiger partial charge in [0.1, 0.15) is 12.6 Å². The maximum atomic E-state index is 10.8. The lowest BCUT2D eigenvalue weighted by atomic mass is 10.2. The van der Waals surface area contributed by atoms with Crippen molar-refractivity contribution in [3.63, 3.8) is 0 Å². The first-order valence-electron chi connectivity index (χ1n) is 4.84. The van der Waals surface area contributed by atoms with Gasteiger partial charge in [0.2, 0.25) is 0 Å². The molecular formula is C8H14N4O3. The van der Waals surface area contributed by atoms with Gasteiger partial charge in [-0.05, 0) is 12.8 Å². The van der Waals surface area contributed by atoms with E-state index in [4.69, 9.17) is 15.6 Å². The van der Waals surface area contributed by atoms with Gasteiger partial charge in [-0.15, -0.1) is 0 Å². The minimum atomic E-state index is -0.707. The third-order valence-electron chi connectivity index (χ3n) is 2.48. The molecule has 0 spiro atoms. The molecule has 0 radical (unpaired) electrons. The van der Waals surface area contributed by atoms with Crippen molar-refractivity contribution < 1.29 is 14.6 Å². The Morgan fingerprint density at radius 1 is 1.73 bits per heavy atom. The molecule has 1 fully saturated rings. The Hall–Kier alpha value is -1.18. The number of aliphatic hydroxyl groups is 1. The number of amides is 1. The number of rotatable bonds is 3. The molecule has 0 aromatic rings. The van der Waals surface area contributed by atoms with Gasteiger partial charge in [-0.1, -0.05) is 0 Å². The number of carbonyl (C=O) groups excluding carboxylic acids is 1. The van der Waals surface area contributed by atoms with E-state index in [9.17, 15) is 4.79 Å². The number of aliphatic hydroxyl groups excluding tert-OH is 1. The molecule has 7 heteroatoms. The number of carbonyl (C=O) groups is 1. The lowest BCUT2D eigenvalue weighted by molar-refractivity contribution is -0.121. The molecule has 0 aromatic heterocycles. The van der Waals surface area contributed by atoms with Gasteiger partial charge < -0.3 is 15.6 Å². The highest BCUT2D eigenvalue weighted by atomic mass is 16.5. The van der Waals surface area contributed by atoms with Gasteiger partial charge in [-0.2, -0.15) is 5.43 Å². The van der Waals surface area contributed by atoms with Crippen LogP contribution < -0.4 is 11.2 Å². The van der Waals surface area contributed by atoms with E-state index < -0.39 is 12.1 Å². The first-order chi connectivity index (χ1) is 7.20. The number of ether oxygens (including phenoxy) is 1. The number of hydrogen-bond donors (Lipinski definition) is 3. The molecule has 4 N–H and O–H groups in total. The van der Waals surface area contributed by atoms with E-state index in [1.54, 1.807) is 5.01 Å². The molecule has 1 amide bonds. The summed E-state index contributed by atoms with van der Waals surface area (Å²) in [6.45, 7) is 0.0146. The summed E-state index contributed by atoms with van der Waals surface area (Å²) in [6.07, 6.45) is 2.07. The van der Waals surface area contributed by atoms with Crippen LogP contribution in [0.15, 0.2) is 4.99 Å². The maximum Gasteiger partial charge on any atom is 0.258 e. The molecule has 0 bridgehead atoms. The van der Waals surface area contributed by atoms with E-state index in [0.29, 0.717) is 0 Å². The van der Waals surface area contributed by atoms with Gasteiger partial charge >= 0.3 is 0 Å². The molecule has 3 atom stereocenters. The lowest BCUT2D eigenvalue weighted by Gasteiger charge is -2.23. The van der Waals surface area contributed by atoms with Crippen molar-refractivity contribution in [3.8, 4) is 0 Å². The van der Waals surface area contributed by atoms with E-state index >= 15 is 0 Å². The fourth-order valence-corrected chi connectivity index (χ4v) is 1.67. The van der Waals surface area contributed by atoms with Crippen molar-refractivity contribution in [1.29, 1.82) is 0 Å². The topological polar surface area (TPSA) is 100 Å². The number of hydrazine groups is 1. The molecule has 3 unspecified atom stereocenters. The quantitative estimate of drug-likeness (QED) is 0.511. The van der Waals surface area contributed by atoms with Crippen LogP contribution in [-0.4, -0.2) is 47.5 Å². The fourth-order valence-electron chi connectivity index (χ4n) is 1.67. The molecule has 7 nitrogen and oxygen atoms in total. The van der Waals surface area contributed by atoms with E-state index in [1.807, 2.05) is 0 Å². The highest BCUT2D eigenvalue weighted by Crippen LogP contribution is 2.21. The molecule has 1 saturated heterocycles. The first-order valence-corrected chi connectivity index (χ1v) is 4.84. The summed E-state index contributed by atoms with van der Waals surface area (Å²) >= 11 is 0. The largest absolute Gasteiger partial charge is 0.394 e. The second-order valence-corrected chi connectivity index (χ2v) is 3.58. The Balaban J connectivity index is 1.87. The summed E-state index contributed by atoms with van der Waals surface area (Å²) in [7, 11) is 0. The van der Waals surface area contributed by atoms with Crippen LogP contribution in [0.5, 0.6) is 0 Å². The van der Waals surface area contributed by atoms with Crippen molar-refractivity contribution in [1.82, 2.24) is 10.4 Å². The zero-order valence-corrected chi connectivity index (χ0v) is 8.17. The molecule has 2 heterocycles. The van der Waals surface area contributed by atoms with Gasteiger partial charge in [-0.3, -0.25) is 9.80 Å². The summed E-state index contributed by atoms with van der Waals surface area (Å²) in [4.78, 5) is 14.7. The molecule has 2 rings (SSSR count). The molecule has 0 aromatic carbocycles. The SMILES string of the molecule is NC(=O)C1N=CN(C2CCC(CO)O2)N1. The Morgan fingerprint density at radius 2 is 2.53 bits per heavy atom. The van der Waals surface area contributed by atoms with Gasteiger partial charge in [0.25, 0.3) is 5.91 Å². The predicted octanol–water partition coefficient (Wildman–Crippen LogP) is -1.86. The van der Waals surface area contributed by atoms with Crippen LogP contribution in [0, 0.1) is 0 Å². The van der Waals surface area contributed by atoms with Crippen LogP contribution >= 0.6 is 0 Å². The third kappa shape index (κ3) is 2.09. The first kappa shape index (κ1) is 10.3. The van der Waals surface area contributed by atoms with E-state index in [-0.39, 0.29) is 18.9 Å².